The Morgan fingerprint density at radius 1 is 0.548 bits per heavy atom. The second-order valence-corrected chi connectivity index (χ2v) is 10.9. The van der Waals surface area contributed by atoms with Gasteiger partial charge in [0.25, 0.3) is 0 Å². The number of para-hydroxylation sites is 4. The van der Waals surface area contributed by atoms with Gasteiger partial charge in [0, 0.05) is 27.1 Å². The molecule has 0 aliphatic carbocycles. The maximum atomic E-state index is 9.58. The zero-order chi connectivity index (χ0) is 28.4. The molecule has 8 aromatic rings. The van der Waals surface area contributed by atoms with Crippen LogP contribution in [0.3, 0.4) is 0 Å². The van der Waals surface area contributed by atoms with Crippen LogP contribution in [0.15, 0.2) is 122 Å². The molecule has 0 unspecified atom stereocenters. The van der Waals surface area contributed by atoms with Crippen LogP contribution in [-0.4, -0.2) is 14.1 Å². The van der Waals surface area contributed by atoms with Crippen molar-refractivity contribution in [3.63, 3.8) is 0 Å². The smallest absolute Gasteiger partial charge is 0.0991 e. The van der Waals surface area contributed by atoms with E-state index in [1.165, 1.54) is 43.7 Å². The SMILES string of the molecule is Cc1cccc2c3ccccc3n(-c3cncc(-n4c5ccccc5c5cccc(C)c54)c3-c3ccc(C#N)cc3)c12. The van der Waals surface area contributed by atoms with Gasteiger partial charge in [-0.1, -0.05) is 84.9 Å². The van der Waals surface area contributed by atoms with Gasteiger partial charge in [0.15, 0.2) is 0 Å². The van der Waals surface area contributed by atoms with Crippen molar-refractivity contribution in [2.24, 2.45) is 0 Å². The Kier molecular flexibility index (Phi) is 5.29. The molecule has 0 radical (unpaired) electrons. The molecule has 0 spiro atoms. The van der Waals surface area contributed by atoms with Crippen LogP contribution in [0.1, 0.15) is 16.7 Å². The second kappa shape index (κ2) is 9.19. The largest absolute Gasteiger partial charge is 0.307 e. The van der Waals surface area contributed by atoms with Crippen LogP contribution in [0.25, 0.3) is 66.1 Å². The van der Waals surface area contributed by atoms with E-state index in [2.05, 4.69) is 126 Å². The molecule has 4 heteroatoms. The van der Waals surface area contributed by atoms with Crippen molar-refractivity contribution in [2.45, 2.75) is 13.8 Å². The minimum absolute atomic E-state index is 0.635. The summed E-state index contributed by atoms with van der Waals surface area (Å²) in [6.45, 7) is 4.35. The lowest BCUT2D eigenvalue weighted by molar-refractivity contribution is 1.09. The lowest BCUT2D eigenvalue weighted by atomic mass is 10.0. The summed E-state index contributed by atoms with van der Waals surface area (Å²) in [5.74, 6) is 0. The molecular weight excluding hydrogens is 512 g/mol. The molecule has 3 heterocycles. The molecular formula is C38H26N4. The molecule has 0 saturated carbocycles. The van der Waals surface area contributed by atoms with Gasteiger partial charge < -0.3 is 9.13 Å². The Morgan fingerprint density at radius 2 is 1.02 bits per heavy atom. The number of nitrogens with zero attached hydrogens (tertiary/aromatic N) is 4. The van der Waals surface area contributed by atoms with Gasteiger partial charge in [0.2, 0.25) is 0 Å². The van der Waals surface area contributed by atoms with Gasteiger partial charge in [0.1, 0.15) is 0 Å². The molecule has 0 saturated heterocycles. The molecule has 0 amide bonds. The quantitative estimate of drug-likeness (QED) is 0.225. The summed E-state index contributed by atoms with van der Waals surface area (Å²) in [5.41, 5.74) is 11.7. The molecule has 3 aromatic heterocycles. The van der Waals surface area contributed by atoms with E-state index in [1.807, 2.05) is 24.5 Å². The lowest BCUT2D eigenvalue weighted by Crippen LogP contribution is -2.05. The van der Waals surface area contributed by atoms with Gasteiger partial charge in [-0.25, -0.2) is 0 Å². The maximum absolute atomic E-state index is 9.58. The van der Waals surface area contributed by atoms with Crippen molar-refractivity contribution in [3.05, 3.63) is 138 Å². The van der Waals surface area contributed by atoms with Crippen LogP contribution in [-0.2, 0) is 0 Å². The average Bonchev–Trinajstić information content (AvgIpc) is 3.56. The third-order valence-corrected chi connectivity index (χ3v) is 8.48. The molecule has 4 nitrogen and oxygen atoms in total. The van der Waals surface area contributed by atoms with E-state index in [1.54, 1.807) is 0 Å². The van der Waals surface area contributed by atoms with Gasteiger partial charge >= 0.3 is 0 Å². The highest BCUT2D eigenvalue weighted by molar-refractivity contribution is 6.12. The monoisotopic (exact) mass is 538 g/mol. The Labute approximate surface area is 243 Å². The summed E-state index contributed by atoms with van der Waals surface area (Å²) in [4.78, 5) is 4.91. The summed E-state index contributed by atoms with van der Waals surface area (Å²) in [6.07, 6.45) is 3.96. The Morgan fingerprint density at radius 3 is 1.52 bits per heavy atom. The van der Waals surface area contributed by atoms with E-state index in [4.69, 9.17) is 4.98 Å². The third kappa shape index (κ3) is 3.38. The lowest BCUT2D eigenvalue weighted by Gasteiger charge is -2.20. The molecule has 198 valence electrons. The molecule has 0 aliphatic heterocycles. The second-order valence-electron chi connectivity index (χ2n) is 10.9. The Balaban J connectivity index is 1.58. The molecule has 5 aromatic carbocycles. The molecule has 0 N–H and O–H groups in total. The number of hydrogen-bond donors (Lipinski definition) is 0. The maximum Gasteiger partial charge on any atom is 0.0991 e. The van der Waals surface area contributed by atoms with Crippen molar-refractivity contribution in [1.82, 2.24) is 14.1 Å². The van der Waals surface area contributed by atoms with Crippen molar-refractivity contribution in [1.29, 1.82) is 5.26 Å². The highest BCUT2D eigenvalue weighted by Crippen LogP contribution is 2.42. The summed E-state index contributed by atoms with van der Waals surface area (Å²) in [7, 11) is 0. The molecule has 0 bridgehead atoms. The third-order valence-electron chi connectivity index (χ3n) is 8.48. The van der Waals surface area contributed by atoms with Crippen LogP contribution in [0.2, 0.25) is 0 Å². The van der Waals surface area contributed by atoms with E-state index in [9.17, 15) is 5.26 Å². The van der Waals surface area contributed by atoms with Gasteiger partial charge in [-0.15, -0.1) is 0 Å². The van der Waals surface area contributed by atoms with Gasteiger partial charge in [-0.2, -0.15) is 5.26 Å². The molecule has 0 atom stereocenters. The van der Waals surface area contributed by atoms with Crippen LogP contribution >= 0.6 is 0 Å². The van der Waals surface area contributed by atoms with Crippen LogP contribution in [0.4, 0.5) is 0 Å². The number of benzene rings is 5. The number of fused-ring (bicyclic) bond motifs is 6. The fourth-order valence-electron chi connectivity index (χ4n) is 6.67. The number of aryl methyl sites for hydroxylation is 2. The minimum atomic E-state index is 0.635. The van der Waals surface area contributed by atoms with Crippen molar-refractivity contribution in [3.8, 4) is 28.6 Å². The topological polar surface area (TPSA) is 46.5 Å². The number of nitriles is 1. The number of rotatable bonds is 3. The summed E-state index contributed by atoms with van der Waals surface area (Å²) < 4.78 is 4.73. The van der Waals surface area contributed by atoms with Gasteiger partial charge in [-0.05, 0) is 54.8 Å². The van der Waals surface area contributed by atoms with Crippen molar-refractivity contribution < 1.29 is 0 Å². The highest BCUT2D eigenvalue weighted by atomic mass is 15.0. The molecule has 0 fully saturated rings. The van der Waals surface area contributed by atoms with E-state index >= 15 is 0 Å². The van der Waals surface area contributed by atoms with Gasteiger partial charge in [0.05, 0.1) is 57.5 Å². The minimum Gasteiger partial charge on any atom is -0.307 e. The fourth-order valence-corrected chi connectivity index (χ4v) is 6.67. The number of aromatic nitrogens is 3. The number of hydrogen-bond acceptors (Lipinski definition) is 2. The molecule has 8 rings (SSSR count). The first kappa shape index (κ1) is 24.2. The molecule has 42 heavy (non-hydrogen) atoms. The summed E-state index contributed by atoms with van der Waals surface area (Å²) in [5, 5.41) is 14.4. The Bertz CT molecular complexity index is 2240. The predicted octanol–water partition coefficient (Wildman–Crippen LogP) is 9.43. The zero-order valence-corrected chi connectivity index (χ0v) is 23.3. The predicted molar refractivity (Wildman–Crippen MR) is 173 cm³/mol. The van der Waals surface area contributed by atoms with E-state index in [0.29, 0.717) is 5.56 Å². The zero-order valence-electron chi connectivity index (χ0n) is 23.3. The average molecular weight is 539 g/mol. The first-order chi connectivity index (χ1) is 20.7. The standard InChI is InChI=1S/C38H26N4/c1-24-9-7-13-30-28-11-3-5-15-32(28)41(37(24)30)34-22-40-23-35(36(34)27-19-17-26(21-39)18-20-27)42-33-16-6-4-12-29(33)31-14-8-10-25(2)38(31)42/h3-20,22-23H,1-2H3. The summed E-state index contributed by atoms with van der Waals surface area (Å²) >= 11 is 0. The first-order valence-corrected chi connectivity index (χ1v) is 14.1. The van der Waals surface area contributed by atoms with E-state index < -0.39 is 0 Å². The molecule has 0 aliphatic rings. The number of pyridine rings is 1. The van der Waals surface area contributed by atoms with Crippen LogP contribution in [0.5, 0.6) is 0 Å². The fraction of sp³-hybridized carbons (Fsp3) is 0.0526. The summed E-state index contributed by atoms with van der Waals surface area (Å²) in [6, 6.07) is 40.4. The first-order valence-electron chi connectivity index (χ1n) is 14.1. The van der Waals surface area contributed by atoms with E-state index in [0.717, 1.165) is 33.5 Å². The van der Waals surface area contributed by atoms with Crippen LogP contribution in [0, 0.1) is 25.2 Å². The Hall–Kier alpha value is -5.66. The van der Waals surface area contributed by atoms with Gasteiger partial charge in [-0.3, -0.25) is 4.98 Å². The van der Waals surface area contributed by atoms with Crippen LogP contribution < -0.4 is 0 Å². The van der Waals surface area contributed by atoms with Crippen molar-refractivity contribution >= 4 is 43.6 Å². The highest BCUT2D eigenvalue weighted by Gasteiger charge is 2.23. The van der Waals surface area contributed by atoms with Crippen molar-refractivity contribution in [2.75, 3.05) is 0 Å². The normalized spacial score (nSPS) is 11.5. The van der Waals surface area contributed by atoms with E-state index in [-0.39, 0.29) is 0 Å².